The van der Waals surface area contributed by atoms with E-state index in [0.717, 1.165) is 25.7 Å². The molecule has 128 valence electrons. The van der Waals surface area contributed by atoms with Gasteiger partial charge < -0.3 is 5.11 Å². The van der Waals surface area contributed by atoms with Crippen molar-refractivity contribution in [2.24, 2.45) is 35.0 Å². The number of ketones is 1. The van der Waals surface area contributed by atoms with Crippen LogP contribution < -0.4 is 0 Å². The number of hydrogen-bond donors (Lipinski definition) is 1. The summed E-state index contributed by atoms with van der Waals surface area (Å²) in [6.07, 6.45) is 5.16. The Morgan fingerprint density at radius 3 is 2.41 bits per heavy atom. The third-order valence-corrected chi connectivity index (χ3v) is 7.57. The van der Waals surface area contributed by atoms with E-state index in [2.05, 4.69) is 43.6 Å². The number of rotatable bonds is 4. The molecule has 2 unspecified atom stereocenters. The molecular formula is C19H33BrO2. The van der Waals surface area contributed by atoms with E-state index in [1.54, 1.807) is 0 Å². The first-order chi connectivity index (χ1) is 10.2. The van der Waals surface area contributed by atoms with Crippen molar-refractivity contribution in [1.82, 2.24) is 0 Å². The van der Waals surface area contributed by atoms with E-state index in [9.17, 15) is 9.90 Å². The molecule has 1 N–H and O–H groups in total. The number of aliphatic hydroxyl groups is 1. The van der Waals surface area contributed by atoms with Crippen molar-refractivity contribution in [2.45, 2.75) is 72.3 Å². The highest BCUT2D eigenvalue weighted by Gasteiger charge is 2.55. The van der Waals surface area contributed by atoms with Gasteiger partial charge in [0.05, 0.1) is 10.9 Å². The van der Waals surface area contributed by atoms with Crippen LogP contribution in [0.4, 0.5) is 0 Å². The Kier molecular flexibility index (Phi) is 5.49. The number of carbonyl (C=O) groups is 1. The maximum atomic E-state index is 12.5. The van der Waals surface area contributed by atoms with Crippen molar-refractivity contribution in [3.8, 4) is 0 Å². The van der Waals surface area contributed by atoms with Gasteiger partial charge in [0.1, 0.15) is 5.78 Å². The van der Waals surface area contributed by atoms with E-state index >= 15 is 0 Å². The van der Waals surface area contributed by atoms with E-state index in [1.165, 1.54) is 6.42 Å². The third kappa shape index (κ3) is 3.17. The summed E-state index contributed by atoms with van der Waals surface area (Å²) in [4.78, 5) is 12.5. The molecule has 0 spiro atoms. The summed E-state index contributed by atoms with van der Waals surface area (Å²) in [6.45, 7) is 11.2. The second-order valence-corrected chi connectivity index (χ2v) is 9.20. The first-order valence-electron chi connectivity index (χ1n) is 8.97. The summed E-state index contributed by atoms with van der Waals surface area (Å²) >= 11 is 3.39. The van der Waals surface area contributed by atoms with Crippen molar-refractivity contribution in [3.63, 3.8) is 0 Å². The Bertz CT molecular complexity index is 420. The van der Waals surface area contributed by atoms with Crippen LogP contribution in [-0.4, -0.2) is 21.8 Å². The van der Waals surface area contributed by atoms with Gasteiger partial charge in [-0.25, -0.2) is 0 Å². The number of alkyl halides is 1. The number of carbonyl (C=O) groups excluding carboxylic acids is 1. The minimum Gasteiger partial charge on any atom is -0.390 e. The van der Waals surface area contributed by atoms with Gasteiger partial charge in [-0.3, -0.25) is 4.79 Å². The lowest BCUT2D eigenvalue weighted by Crippen LogP contribution is -2.43. The van der Waals surface area contributed by atoms with Gasteiger partial charge in [-0.1, -0.05) is 43.6 Å². The molecule has 2 aliphatic carbocycles. The standard InChI is InChI=1S/C19H33BrO2/c1-6-19(5)15(9-12(2)17(19)16(21)11-20)14-7-8-18(4,22)10-13(14)3/h12-15,17,22H,6-11H2,1-5H3/t12-,13?,14+,15-,17+,18?,19-/m0/s1. The molecular weight excluding hydrogens is 340 g/mol. The van der Waals surface area contributed by atoms with Gasteiger partial charge in [-0.05, 0) is 68.1 Å². The monoisotopic (exact) mass is 372 g/mol. The maximum Gasteiger partial charge on any atom is 0.147 e. The van der Waals surface area contributed by atoms with Gasteiger partial charge in [-0.2, -0.15) is 0 Å². The summed E-state index contributed by atoms with van der Waals surface area (Å²) in [7, 11) is 0. The molecule has 22 heavy (non-hydrogen) atoms. The van der Waals surface area contributed by atoms with E-state index in [1.807, 2.05) is 6.92 Å². The first kappa shape index (κ1) is 18.4. The molecule has 0 aromatic rings. The molecule has 2 rings (SSSR count). The molecule has 0 heterocycles. The molecule has 0 saturated heterocycles. The Morgan fingerprint density at radius 1 is 1.27 bits per heavy atom. The van der Waals surface area contributed by atoms with Gasteiger partial charge in [-0.15, -0.1) is 0 Å². The quantitative estimate of drug-likeness (QED) is 0.717. The highest BCUT2D eigenvalue weighted by atomic mass is 79.9. The zero-order chi connectivity index (χ0) is 16.7. The maximum absolute atomic E-state index is 12.5. The minimum atomic E-state index is -0.492. The van der Waals surface area contributed by atoms with Crippen LogP contribution in [0.3, 0.4) is 0 Å². The summed E-state index contributed by atoms with van der Waals surface area (Å²) in [6, 6.07) is 0. The van der Waals surface area contributed by atoms with Gasteiger partial charge in [0.15, 0.2) is 0 Å². The van der Waals surface area contributed by atoms with Crippen LogP contribution in [0, 0.1) is 35.0 Å². The Hall–Kier alpha value is 0.110. The summed E-state index contributed by atoms with van der Waals surface area (Å²) in [5, 5.41) is 10.8. The first-order valence-corrected chi connectivity index (χ1v) is 10.1. The van der Waals surface area contributed by atoms with Crippen LogP contribution >= 0.6 is 15.9 Å². The fourth-order valence-electron chi connectivity index (χ4n) is 5.91. The van der Waals surface area contributed by atoms with Crippen molar-refractivity contribution in [3.05, 3.63) is 0 Å². The zero-order valence-electron chi connectivity index (χ0n) is 14.9. The average molecular weight is 373 g/mol. The summed E-state index contributed by atoms with van der Waals surface area (Å²) < 4.78 is 0. The van der Waals surface area contributed by atoms with Crippen LogP contribution in [0.15, 0.2) is 0 Å². The second kappa shape index (κ2) is 6.55. The predicted octanol–water partition coefficient (Wildman–Crippen LogP) is 4.83. The van der Waals surface area contributed by atoms with Crippen LogP contribution in [-0.2, 0) is 4.79 Å². The number of Topliss-reactive ketones (excluding diaryl/α,β-unsaturated/α-hetero) is 1. The molecule has 0 aromatic heterocycles. The molecule has 0 aromatic carbocycles. The molecule has 3 heteroatoms. The van der Waals surface area contributed by atoms with E-state index in [0.29, 0.717) is 34.8 Å². The highest BCUT2D eigenvalue weighted by molar-refractivity contribution is 9.09. The van der Waals surface area contributed by atoms with Crippen LogP contribution in [0.1, 0.15) is 66.7 Å². The molecule has 2 nitrogen and oxygen atoms in total. The normalized spacial score (nSPS) is 49.3. The smallest absolute Gasteiger partial charge is 0.147 e. The van der Waals surface area contributed by atoms with Crippen molar-refractivity contribution in [1.29, 1.82) is 0 Å². The summed E-state index contributed by atoms with van der Waals surface area (Å²) in [5.41, 5.74) is -0.375. The third-order valence-electron chi connectivity index (χ3n) is 7.02. The van der Waals surface area contributed by atoms with Gasteiger partial charge in [0.2, 0.25) is 0 Å². The number of hydrogen-bond acceptors (Lipinski definition) is 2. The van der Waals surface area contributed by atoms with Gasteiger partial charge in [0, 0.05) is 5.92 Å². The van der Waals surface area contributed by atoms with Gasteiger partial charge >= 0.3 is 0 Å². The van der Waals surface area contributed by atoms with E-state index < -0.39 is 5.60 Å². The largest absolute Gasteiger partial charge is 0.390 e. The lowest BCUT2D eigenvalue weighted by atomic mass is 9.59. The Balaban J connectivity index is 2.26. The summed E-state index contributed by atoms with van der Waals surface area (Å²) in [5.74, 6) is 2.87. The Labute approximate surface area is 144 Å². The average Bonchev–Trinajstić information content (AvgIpc) is 2.69. The second-order valence-electron chi connectivity index (χ2n) is 8.64. The van der Waals surface area contributed by atoms with E-state index in [4.69, 9.17) is 0 Å². The highest BCUT2D eigenvalue weighted by Crippen LogP contribution is 2.59. The molecule has 0 amide bonds. The fraction of sp³-hybridized carbons (Fsp3) is 0.947. The van der Waals surface area contributed by atoms with Crippen molar-refractivity contribution < 1.29 is 9.90 Å². The van der Waals surface area contributed by atoms with E-state index in [-0.39, 0.29) is 11.3 Å². The SMILES string of the molecule is CC[C@@]1(C)[C@H]([C@@H]2CCC(C)(O)CC2C)C[C@H](C)[C@@H]1C(=O)CBr. The topological polar surface area (TPSA) is 37.3 Å². The lowest BCUT2D eigenvalue weighted by molar-refractivity contribution is -0.126. The van der Waals surface area contributed by atoms with Crippen molar-refractivity contribution in [2.75, 3.05) is 5.33 Å². The molecule has 2 aliphatic rings. The van der Waals surface area contributed by atoms with Crippen LogP contribution in [0.25, 0.3) is 0 Å². The Morgan fingerprint density at radius 2 is 1.91 bits per heavy atom. The molecule has 0 radical (unpaired) electrons. The lowest BCUT2D eigenvalue weighted by Gasteiger charge is -2.46. The van der Waals surface area contributed by atoms with Crippen LogP contribution in [0.2, 0.25) is 0 Å². The van der Waals surface area contributed by atoms with Crippen molar-refractivity contribution >= 4 is 21.7 Å². The van der Waals surface area contributed by atoms with Crippen LogP contribution in [0.5, 0.6) is 0 Å². The minimum absolute atomic E-state index is 0.117. The molecule has 2 saturated carbocycles. The molecule has 2 fully saturated rings. The predicted molar refractivity (Wildman–Crippen MR) is 95.1 cm³/mol. The zero-order valence-corrected chi connectivity index (χ0v) is 16.4. The number of halogens is 1. The molecule has 0 bridgehead atoms. The van der Waals surface area contributed by atoms with Gasteiger partial charge in [0.25, 0.3) is 0 Å². The molecule has 7 atom stereocenters. The molecule has 0 aliphatic heterocycles. The fourth-order valence-corrected chi connectivity index (χ4v) is 6.26.